The Hall–Kier alpha value is -4.05. The number of carbonyl (C=O) groups excluding carboxylic acids is 2. The summed E-state index contributed by atoms with van der Waals surface area (Å²) in [7, 11) is 0. The molecular weight excluding hydrogens is 661 g/mol. The van der Waals surface area contributed by atoms with E-state index < -0.39 is 46.6 Å². The first-order valence-corrected chi connectivity index (χ1v) is 16.5. The second-order valence-electron chi connectivity index (χ2n) is 14.3. The Morgan fingerprint density at radius 2 is 1.72 bits per heavy atom. The van der Waals surface area contributed by atoms with Gasteiger partial charge in [-0.15, -0.1) is 8.78 Å². The molecule has 0 unspecified atom stereocenters. The van der Waals surface area contributed by atoms with Crippen LogP contribution in [0.2, 0.25) is 0 Å². The van der Waals surface area contributed by atoms with Crippen molar-refractivity contribution in [3.05, 3.63) is 53.5 Å². The number of anilines is 1. The number of aliphatic hydroxyl groups excluding tert-OH is 2. The number of ether oxygens (including phenoxy) is 4. The zero-order chi connectivity index (χ0) is 36.5. The molecule has 5 N–H and O–H groups in total. The number of fused-ring (bicyclic) bond motifs is 2. The van der Waals surface area contributed by atoms with Crippen LogP contribution in [0.4, 0.5) is 23.7 Å². The van der Waals surface area contributed by atoms with Gasteiger partial charge in [-0.2, -0.15) is 0 Å². The Kier molecular flexibility index (Phi) is 10.6. The summed E-state index contributed by atoms with van der Waals surface area (Å²) in [6.07, 6.45) is -4.32. The molecule has 1 atom stereocenters. The molecule has 5 rings (SSSR count). The van der Waals surface area contributed by atoms with Crippen molar-refractivity contribution in [2.75, 3.05) is 44.8 Å². The van der Waals surface area contributed by atoms with E-state index in [0.717, 1.165) is 0 Å². The summed E-state index contributed by atoms with van der Waals surface area (Å²) in [6, 6.07) is 8.79. The van der Waals surface area contributed by atoms with Crippen molar-refractivity contribution in [2.45, 2.75) is 82.8 Å². The first-order valence-electron chi connectivity index (χ1n) is 16.5. The van der Waals surface area contributed by atoms with Crippen LogP contribution in [0, 0.1) is 5.82 Å². The molecule has 0 radical (unpaired) electrons. The fraction of sp³-hybridized carbons (Fsp3) is 0.543. The molecular formula is C35H45F3N4O8. The van der Waals surface area contributed by atoms with Gasteiger partial charge in [0.2, 0.25) is 5.91 Å². The lowest BCUT2D eigenvalue weighted by Gasteiger charge is -2.26. The minimum Gasteiger partial charge on any atom is -0.444 e. The molecule has 12 nitrogen and oxygen atoms in total. The van der Waals surface area contributed by atoms with Gasteiger partial charge in [0.15, 0.2) is 11.5 Å². The molecule has 15 heteroatoms. The molecule has 2 heterocycles. The highest BCUT2D eigenvalue weighted by Gasteiger charge is 2.53. The van der Waals surface area contributed by atoms with E-state index in [1.807, 2.05) is 13.8 Å². The Morgan fingerprint density at radius 1 is 1.02 bits per heavy atom. The molecule has 0 spiro atoms. The summed E-state index contributed by atoms with van der Waals surface area (Å²) in [4.78, 5) is 25.2. The summed E-state index contributed by atoms with van der Waals surface area (Å²) in [6.45, 7) is 10.4. The topological polar surface area (TPSA) is 153 Å². The average molecular weight is 707 g/mol. The molecule has 1 saturated carbocycles. The van der Waals surface area contributed by atoms with Gasteiger partial charge < -0.3 is 49.7 Å². The third-order valence-corrected chi connectivity index (χ3v) is 8.58. The van der Waals surface area contributed by atoms with Crippen LogP contribution < -0.4 is 25.4 Å². The summed E-state index contributed by atoms with van der Waals surface area (Å²) in [5, 5.41) is 30.1. The van der Waals surface area contributed by atoms with E-state index in [0.29, 0.717) is 48.2 Å². The van der Waals surface area contributed by atoms with Crippen LogP contribution in [-0.4, -0.2) is 84.2 Å². The number of benzene rings is 2. The Balaban J connectivity index is 1.21. The number of nitrogens with zero attached hydrogens (tertiary/aromatic N) is 1. The molecule has 1 aromatic heterocycles. The van der Waals surface area contributed by atoms with E-state index in [2.05, 4.69) is 25.4 Å². The highest BCUT2D eigenvalue weighted by molar-refractivity contribution is 6.03. The minimum absolute atomic E-state index is 0.0601. The van der Waals surface area contributed by atoms with Crippen molar-refractivity contribution in [2.24, 2.45) is 0 Å². The molecule has 1 fully saturated rings. The molecule has 1 aliphatic carbocycles. The van der Waals surface area contributed by atoms with Crippen molar-refractivity contribution in [3.8, 4) is 11.5 Å². The van der Waals surface area contributed by atoms with Gasteiger partial charge in [-0.1, -0.05) is 19.9 Å². The van der Waals surface area contributed by atoms with Gasteiger partial charge in [0.25, 0.3) is 0 Å². The van der Waals surface area contributed by atoms with E-state index >= 15 is 4.39 Å². The number of alkyl carbamates (subject to hydrolysis) is 1. The van der Waals surface area contributed by atoms with Crippen LogP contribution in [-0.2, 0) is 31.6 Å². The summed E-state index contributed by atoms with van der Waals surface area (Å²) < 4.78 is 64.2. The van der Waals surface area contributed by atoms with Crippen LogP contribution >= 0.6 is 0 Å². The van der Waals surface area contributed by atoms with Gasteiger partial charge in [-0.25, -0.2) is 9.18 Å². The van der Waals surface area contributed by atoms with E-state index in [-0.39, 0.29) is 50.0 Å². The number of hydrogen-bond donors (Lipinski definition) is 5. The number of amides is 2. The number of aromatic nitrogens is 1. The lowest BCUT2D eigenvalue weighted by atomic mass is 9.90. The Bertz CT molecular complexity index is 1720. The fourth-order valence-electron chi connectivity index (χ4n) is 5.81. The lowest BCUT2D eigenvalue weighted by Crippen LogP contribution is -2.35. The zero-order valence-corrected chi connectivity index (χ0v) is 28.8. The maximum atomic E-state index is 15.6. The van der Waals surface area contributed by atoms with Gasteiger partial charge in [0.1, 0.15) is 11.4 Å². The second-order valence-corrected chi connectivity index (χ2v) is 14.3. The summed E-state index contributed by atoms with van der Waals surface area (Å²) >= 11 is 0. The first-order chi connectivity index (χ1) is 23.4. The van der Waals surface area contributed by atoms with Crippen molar-refractivity contribution in [1.29, 1.82) is 0 Å². The number of alkyl halides is 2. The van der Waals surface area contributed by atoms with E-state index in [4.69, 9.17) is 9.47 Å². The first kappa shape index (κ1) is 37.2. The molecule has 2 aromatic carbocycles. The number of hydrogen-bond acceptors (Lipinski definition) is 9. The van der Waals surface area contributed by atoms with E-state index in [1.165, 1.54) is 30.3 Å². The summed E-state index contributed by atoms with van der Waals surface area (Å²) in [5.74, 6) is -1.49. The van der Waals surface area contributed by atoms with E-state index in [9.17, 15) is 28.6 Å². The van der Waals surface area contributed by atoms with Gasteiger partial charge in [0.05, 0.1) is 49.1 Å². The van der Waals surface area contributed by atoms with Gasteiger partial charge in [0, 0.05) is 42.2 Å². The normalized spacial score (nSPS) is 16.7. The highest BCUT2D eigenvalue weighted by Crippen LogP contribution is 2.52. The molecule has 3 aromatic rings. The lowest BCUT2D eigenvalue weighted by molar-refractivity contribution is -0.286. The number of rotatable bonds is 15. The molecule has 1 aliphatic heterocycles. The standard InChI is InChI=1S/C35H45F3N4O8/c1-32(2,3)50-31(46)40-11-13-47-12-10-39-18-23(44)19-42-26-17-24(36)25(14-21(26)15-29(42)33(4,5)20-43)41-30(45)34(8-9-34)22-6-7-27-28(16-22)49-35(37,38)48-27/h6-7,14-17,23,39,43-44H,8-13,18-20H2,1-5H3,(H,40,46)(H,41,45)/t23-/m0/s1. The molecule has 0 saturated heterocycles. The van der Waals surface area contributed by atoms with Crippen LogP contribution in [0.1, 0.15) is 58.7 Å². The molecule has 274 valence electrons. The smallest absolute Gasteiger partial charge is 0.444 e. The quantitative estimate of drug-likeness (QED) is 0.144. The molecule has 2 amide bonds. The van der Waals surface area contributed by atoms with Crippen LogP contribution in [0.3, 0.4) is 0 Å². The van der Waals surface area contributed by atoms with Crippen LogP contribution in [0.15, 0.2) is 36.4 Å². The molecule has 50 heavy (non-hydrogen) atoms. The van der Waals surface area contributed by atoms with Crippen molar-refractivity contribution >= 4 is 28.6 Å². The van der Waals surface area contributed by atoms with Crippen LogP contribution in [0.25, 0.3) is 10.9 Å². The molecule has 2 aliphatic rings. The van der Waals surface area contributed by atoms with E-state index in [1.54, 1.807) is 31.4 Å². The third kappa shape index (κ3) is 8.63. The van der Waals surface area contributed by atoms with Crippen molar-refractivity contribution < 1.29 is 51.9 Å². The van der Waals surface area contributed by atoms with Gasteiger partial charge in [-0.05, 0) is 63.4 Å². The minimum atomic E-state index is -3.79. The predicted molar refractivity (Wildman–Crippen MR) is 178 cm³/mol. The van der Waals surface area contributed by atoms with Gasteiger partial charge >= 0.3 is 12.4 Å². The Morgan fingerprint density at radius 3 is 2.40 bits per heavy atom. The number of aliphatic hydroxyl groups is 2. The fourth-order valence-corrected chi connectivity index (χ4v) is 5.81. The maximum Gasteiger partial charge on any atom is 0.586 e. The number of carbonyl (C=O) groups is 2. The maximum absolute atomic E-state index is 15.6. The second kappa shape index (κ2) is 14.3. The zero-order valence-electron chi connectivity index (χ0n) is 28.8. The number of halogens is 3. The largest absolute Gasteiger partial charge is 0.586 e. The van der Waals surface area contributed by atoms with Crippen LogP contribution in [0.5, 0.6) is 11.5 Å². The average Bonchev–Trinajstić information content (AvgIpc) is 3.68. The van der Waals surface area contributed by atoms with Crippen molar-refractivity contribution in [1.82, 2.24) is 15.2 Å². The number of nitrogens with one attached hydrogen (secondary N) is 3. The SMILES string of the molecule is CC(C)(C)OC(=O)NCCOCCNC[C@H](O)Cn1c(C(C)(C)CO)cc2cc(NC(=O)C3(c4ccc5c(c4)OC(F)(F)O5)CC3)c(F)cc21. The highest BCUT2D eigenvalue weighted by atomic mass is 19.3. The monoisotopic (exact) mass is 706 g/mol. The predicted octanol–water partition coefficient (Wildman–Crippen LogP) is 4.53. The summed E-state index contributed by atoms with van der Waals surface area (Å²) in [5.41, 5.74) is -0.844. The Labute approximate surface area is 288 Å². The van der Waals surface area contributed by atoms with Gasteiger partial charge in [-0.3, -0.25) is 4.79 Å². The molecule has 0 bridgehead atoms. The third-order valence-electron chi connectivity index (χ3n) is 8.58. The van der Waals surface area contributed by atoms with Crippen molar-refractivity contribution in [3.63, 3.8) is 0 Å².